The molecule has 4 heteroatoms. The van der Waals surface area contributed by atoms with Gasteiger partial charge in [0.05, 0.1) is 0 Å². The van der Waals surface area contributed by atoms with Crippen LogP contribution in [0.2, 0.25) is 0 Å². The zero-order valence-corrected chi connectivity index (χ0v) is 8.23. The number of carbonyl (C=O) groups is 1. The molecule has 1 heterocycles. The quantitative estimate of drug-likeness (QED) is 0.561. The number of hydrogen-bond acceptors (Lipinski definition) is 4. The van der Waals surface area contributed by atoms with Crippen molar-refractivity contribution in [1.29, 1.82) is 0 Å². The number of carbonyl (C=O) groups excluding carboxylic acids is 1. The first-order valence-corrected chi connectivity index (χ1v) is 4.94. The van der Waals surface area contributed by atoms with Crippen LogP contribution in [-0.2, 0) is 0 Å². The first-order valence-electron chi connectivity index (χ1n) is 3.61. The first kappa shape index (κ1) is 8.59. The lowest BCUT2D eigenvalue weighted by atomic mass is 10.2. The molecule has 0 aliphatic heterocycles. The van der Waals surface area contributed by atoms with Gasteiger partial charge in [-0.15, -0.1) is 24.0 Å². The van der Waals surface area contributed by atoms with Crippen molar-refractivity contribution in [3.63, 3.8) is 0 Å². The van der Waals surface area contributed by atoms with E-state index in [-0.39, 0.29) is 5.75 Å². The fraction of sp³-hybridized carbons (Fsp3) is 0. The molecule has 0 aliphatic rings. The van der Waals surface area contributed by atoms with Crippen LogP contribution in [0.15, 0.2) is 22.4 Å². The van der Waals surface area contributed by atoms with Crippen LogP contribution in [-0.4, -0.2) is 11.4 Å². The number of thiophene rings is 1. The van der Waals surface area contributed by atoms with Gasteiger partial charge in [0.15, 0.2) is 6.29 Å². The van der Waals surface area contributed by atoms with Gasteiger partial charge in [-0.05, 0) is 12.1 Å². The summed E-state index contributed by atoms with van der Waals surface area (Å²) in [6.07, 6.45) is 0.735. The van der Waals surface area contributed by atoms with Gasteiger partial charge in [0, 0.05) is 25.9 Å². The fourth-order valence-corrected chi connectivity index (χ4v) is 2.47. The van der Waals surface area contributed by atoms with Crippen LogP contribution in [0.1, 0.15) is 10.4 Å². The Kier molecular flexibility index (Phi) is 2.01. The molecule has 2 rings (SSSR count). The molecule has 2 nitrogen and oxygen atoms in total. The number of thiol groups is 1. The van der Waals surface area contributed by atoms with E-state index in [4.69, 9.17) is 0 Å². The van der Waals surface area contributed by atoms with E-state index in [1.54, 1.807) is 11.4 Å². The van der Waals surface area contributed by atoms with Gasteiger partial charge in [-0.1, -0.05) is 0 Å². The number of aldehydes is 1. The van der Waals surface area contributed by atoms with Gasteiger partial charge >= 0.3 is 0 Å². The number of hydrogen-bond donors (Lipinski definition) is 2. The van der Waals surface area contributed by atoms with E-state index in [9.17, 15) is 9.90 Å². The van der Waals surface area contributed by atoms with E-state index >= 15 is 0 Å². The molecule has 1 aromatic heterocycles. The van der Waals surface area contributed by atoms with E-state index < -0.39 is 0 Å². The van der Waals surface area contributed by atoms with Crippen molar-refractivity contribution >= 4 is 40.3 Å². The van der Waals surface area contributed by atoms with Crippen molar-refractivity contribution in [1.82, 2.24) is 0 Å². The van der Waals surface area contributed by atoms with E-state index in [0.717, 1.165) is 11.0 Å². The molecule has 0 unspecified atom stereocenters. The molecule has 0 atom stereocenters. The van der Waals surface area contributed by atoms with Gasteiger partial charge in [-0.3, -0.25) is 4.79 Å². The molecule has 0 fully saturated rings. The minimum atomic E-state index is 0.189. The average Bonchev–Trinajstić information content (AvgIpc) is 2.49. The van der Waals surface area contributed by atoms with Crippen LogP contribution in [0.5, 0.6) is 5.75 Å². The molecule has 1 aromatic carbocycles. The maximum Gasteiger partial charge on any atom is 0.151 e. The molecule has 13 heavy (non-hydrogen) atoms. The molecular weight excluding hydrogens is 204 g/mol. The lowest BCUT2D eigenvalue weighted by Crippen LogP contribution is -1.81. The van der Waals surface area contributed by atoms with Gasteiger partial charge in [0.25, 0.3) is 0 Å². The molecule has 1 N–H and O–H groups in total. The maximum absolute atomic E-state index is 10.6. The number of fused-ring (bicyclic) bond motifs is 1. The van der Waals surface area contributed by atoms with Crippen LogP contribution in [0.3, 0.4) is 0 Å². The second-order valence-corrected chi connectivity index (χ2v) is 3.97. The topological polar surface area (TPSA) is 37.3 Å². The van der Waals surface area contributed by atoms with Gasteiger partial charge < -0.3 is 5.11 Å². The van der Waals surface area contributed by atoms with E-state index in [0.29, 0.717) is 15.8 Å². The van der Waals surface area contributed by atoms with Crippen LogP contribution in [0.4, 0.5) is 0 Å². The molecule has 0 radical (unpaired) electrons. The molecule has 66 valence electrons. The molecular formula is C9H6O2S2. The molecule has 0 saturated carbocycles. The van der Waals surface area contributed by atoms with Crippen molar-refractivity contribution in [3.05, 3.63) is 23.1 Å². The predicted octanol–water partition coefficient (Wildman–Crippen LogP) is 2.71. The number of aromatic hydroxyl groups is 1. The molecule has 0 saturated heterocycles. The fourth-order valence-electron chi connectivity index (χ4n) is 1.21. The monoisotopic (exact) mass is 210 g/mol. The second-order valence-electron chi connectivity index (χ2n) is 2.62. The highest BCUT2D eigenvalue weighted by molar-refractivity contribution is 7.80. The summed E-state index contributed by atoms with van der Waals surface area (Å²) in [5.41, 5.74) is 0.504. The third-order valence-electron chi connectivity index (χ3n) is 1.85. The molecule has 0 spiro atoms. The molecule has 0 aliphatic carbocycles. The van der Waals surface area contributed by atoms with E-state index in [1.807, 2.05) is 6.07 Å². The van der Waals surface area contributed by atoms with Crippen molar-refractivity contribution in [2.45, 2.75) is 4.90 Å². The van der Waals surface area contributed by atoms with Crippen LogP contribution in [0, 0.1) is 0 Å². The van der Waals surface area contributed by atoms with Gasteiger partial charge in [-0.25, -0.2) is 0 Å². The van der Waals surface area contributed by atoms with Gasteiger partial charge in [0.1, 0.15) is 5.75 Å². The zero-order valence-electron chi connectivity index (χ0n) is 6.52. The van der Waals surface area contributed by atoms with Crippen molar-refractivity contribution in [2.24, 2.45) is 0 Å². The Morgan fingerprint density at radius 3 is 2.92 bits per heavy atom. The highest BCUT2D eigenvalue weighted by Crippen LogP contribution is 2.36. The average molecular weight is 210 g/mol. The summed E-state index contributed by atoms with van der Waals surface area (Å²) in [6, 6.07) is 3.51. The van der Waals surface area contributed by atoms with Gasteiger partial charge in [-0.2, -0.15) is 0 Å². The third-order valence-corrected chi connectivity index (χ3v) is 3.27. The number of rotatable bonds is 1. The summed E-state index contributed by atoms with van der Waals surface area (Å²) in [6.45, 7) is 0. The highest BCUT2D eigenvalue weighted by atomic mass is 32.1. The minimum absolute atomic E-state index is 0.189. The summed E-state index contributed by atoms with van der Waals surface area (Å²) in [5.74, 6) is 0.189. The van der Waals surface area contributed by atoms with Crippen molar-refractivity contribution in [2.75, 3.05) is 0 Å². The predicted molar refractivity (Wildman–Crippen MR) is 56.1 cm³/mol. The van der Waals surface area contributed by atoms with Crippen molar-refractivity contribution in [3.8, 4) is 5.75 Å². The third kappa shape index (κ3) is 1.22. The summed E-state index contributed by atoms with van der Waals surface area (Å²) in [4.78, 5) is 11.1. The van der Waals surface area contributed by atoms with Crippen LogP contribution < -0.4 is 0 Å². The Labute approximate surface area is 84.2 Å². The van der Waals surface area contributed by atoms with Crippen LogP contribution >= 0.6 is 24.0 Å². The number of benzene rings is 1. The van der Waals surface area contributed by atoms with Gasteiger partial charge in [0.2, 0.25) is 0 Å². The highest BCUT2D eigenvalue weighted by Gasteiger charge is 2.08. The molecule has 2 aromatic rings. The Morgan fingerprint density at radius 1 is 1.46 bits per heavy atom. The van der Waals surface area contributed by atoms with E-state index in [2.05, 4.69) is 12.6 Å². The van der Waals surface area contributed by atoms with E-state index in [1.165, 1.54) is 11.3 Å². The SMILES string of the molecule is O=Cc1ccc2scc(O)c2c1S. The first-order chi connectivity index (χ1) is 6.24. The summed E-state index contributed by atoms with van der Waals surface area (Å²) < 4.78 is 0.938. The molecule has 0 amide bonds. The standard InChI is InChI=1S/C9H6O2S2/c10-3-5-1-2-7-8(9(5)12)6(11)4-13-7/h1-4,11-12H. The Balaban J connectivity index is 2.91. The Bertz CT molecular complexity index is 474. The van der Waals surface area contributed by atoms with Crippen LogP contribution in [0.25, 0.3) is 10.1 Å². The lowest BCUT2D eigenvalue weighted by molar-refractivity contribution is 0.112. The maximum atomic E-state index is 10.6. The summed E-state index contributed by atoms with van der Waals surface area (Å²) in [7, 11) is 0. The molecule has 0 bridgehead atoms. The second kappa shape index (κ2) is 3.05. The summed E-state index contributed by atoms with van der Waals surface area (Å²) in [5, 5.41) is 11.8. The summed E-state index contributed by atoms with van der Waals surface area (Å²) >= 11 is 5.63. The zero-order chi connectivity index (χ0) is 9.42. The lowest BCUT2D eigenvalue weighted by Gasteiger charge is -1.99. The van der Waals surface area contributed by atoms with Crippen molar-refractivity contribution < 1.29 is 9.90 Å². The smallest absolute Gasteiger partial charge is 0.151 e. The normalized spacial score (nSPS) is 10.5. The largest absolute Gasteiger partial charge is 0.506 e. The minimum Gasteiger partial charge on any atom is -0.506 e. The Hall–Kier alpha value is -1.00. The Morgan fingerprint density at radius 2 is 2.23 bits per heavy atom.